The third kappa shape index (κ3) is 2.11. The van der Waals surface area contributed by atoms with Gasteiger partial charge in [0.1, 0.15) is 0 Å². The van der Waals surface area contributed by atoms with Gasteiger partial charge in [-0.1, -0.05) is 18.2 Å². The summed E-state index contributed by atoms with van der Waals surface area (Å²) >= 11 is 0. The van der Waals surface area contributed by atoms with Crippen LogP contribution in [-0.2, 0) is 0 Å². The number of carbonyl (C=O) groups excluding carboxylic acids is 1. The van der Waals surface area contributed by atoms with Gasteiger partial charge in [-0.3, -0.25) is 9.36 Å². The molecule has 2 nitrogen and oxygen atoms in total. The van der Waals surface area contributed by atoms with E-state index in [-0.39, 0.29) is 18.7 Å². The molecule has 1 aliphatic rings. The molecule has 5 heteroatoms. The quantitative estimate of drug-likeness (QED) is 0.758. The summed E-state index contributed by atoms with van der Waals surface area (Å²) in [5, 5.41) is 0.836. The number of carbonyl (C=O) groups is 1. The van der Waals surface area contributed by atoms with Crippen LogP contribution in [0.3, 0.4) is 0 Å². The Morgan fingerprint density at radius 1 is 1.35 bits per heavy atom. The molecule has 0 N–H and O–H groups in total. The normalized spacial score (nSPS) is 19.4. The molecule has 2 heterocycles. The van der Waals surface area contributed by atoms with Gasteiger partial charge in [-0.25, -0.2) is 0 Å². The van der Waals surface area contributed by atoms with Crippen LogP contribution < -0.4 is 0 Å². The van der Waals surface area contributed by atoms with Gasteiger partial charge in [-0.15, -0.1) is 0 Å². The number of rotatable bonds is 1. The molecule has 1 atom stereocenters. The van der Waals surface area contributed by atoms with Crippen LogP contribution in [-0.4, -0.2) is 16.7 Å². The van der Waals surface area contributed by atoms with Gasteiger partial charge in [0.2, 0.25) is 5.91 Å². The summed E-state index contributed by atoms with van der Waals surface area (Å²) in [7, 11) is 0. The summed E-state index contributed by atoms with van der Waals surface area (Å²) in [5.74, 6) is -0.734. The lowest BCUT2D eigenvalue weighted by Gasteiger charge is -2.25. The van der Waals surface area contributed by atoms with Crippen LogP contribution >= 0.6 is 0 Å². The molecule has 0 saturated carbocycles. The number of halogens is 3. The lowest BCUT2D eigenvalue weighted by Crippen LogP contribution is -2.25. The molecule has 1 aromatic heterocycles. The number of hydrogen-bond donors (Lipinski definition) is 0. The average Bonchev–Trinajstić information content (AvgIpc) is 2.73. The maximum Gasteiger partial charge on any atom is 0.389 e. The average molecular weight is 281 g/mol. The third-order valence-corrected chi connectivity index (χ3v) is 3.91. The van der Waals surface area contributed by atoms with Crippen molar-refractivity contribution in [3.05, 3.63) is 35.5 Å². The van der Waals surface area contributed by atoms with Crippen molar-refractivity contribution in [2.75, 3.05) is 0 Å². The number of benzene rings is 1. The minimum absolute atomic E-state index is 0.109. The third-order valence-electron chi connectivity index (χ3n) is 3.91. The Morgan fingerprint density at radius 2 is 2.10 bits per heavy atom. The number of aromatic nitrogens is 1. The summed E-state index contributed by atoms with van der Waals surface area (Å²) in [6, 6.07) is 7.30. The fourth-order valence-corrected chi connectivity index (χ4v) is 3.07. The van der Waals surface area contributed by atoms with Crippen LogP contribution in [0.2, 0.25) is 0 Å². The molecule has 3 rings (SSSR count). The topological polar surface area (TPSA) is 22.0 Å². The number of alkyl halides is 3. The maximum absolute atomic E-state index is 12.7. The standard InChI is InChI=1S/C15H14F3NO/c1-9-3-2-4-10-7-12-11(8-15(16,17)18)5-6-13(20)19(12)14(9)10/h2-4,7,11H,5-6,8H2,1H3. The Hall–Kier alpha value is -1.78. The Morgan fingerprint density at radius 3 is 2.80 bits per heavy atom. The molecule has 2 aromatic rings. The molecular formula is C15H14F3NO. The largest absolute Gasteiger partial charge is 0.389 e. The van der Waals surface area contributed by atoms with Crippen molar-refractivity contribution in [1.29, 1.82) is 0 Å². The lowest BCUT2D eigenvalue weighted by molar-refractivity contribution is -0.139. The van der Waals surface area contributed by atoms with Gasteiger partial charge in [0.25, 0.3) is 0 Å². The van der Waals surface area contributed by atoms with E-state index in [9.17, 15) is 18.0 Å². The van der Waals surface area contributed by atoms with Gasteiger partial charge in [-0.05, 0) is 25.0 Å². The summed E-state index contributed by atoms with van der Waals surface area (Å²) in [5.41, 5.74) is 2.16. The Kier molecular flexibility index (Phi) is 2.88. The molecule has 0 saturated heterocycles. The number of aryl methyl sites for hydroxylation is 1. The van der Waals surface area contributed by atoms with E-state index < -0.39 is 18.5 Å². The number of para-hydroxylation sites is 1. The Bertz CT molecular complexity index is 684. The highest BCUT2D eigenvalue weighted by atomic mass is 19.4. The first-order valence-electron chi connectivity index (χ1n) is 6.58. The van der Waals surface area contributed by atoms with E-state index >= 15 is 0 Å². The second-order valence-electron chi connectivity index (χ2n) is 5.37. The predicted octanol–water partition coefficient (Wildman–Crippen LogP) is 4.42. The molecule has 106 valence electrons. The maximum atomic E-state index is 12.7. The van der Waals surface area contributed by atoms with E-state index in [0.29, 0.717) is 5.69 Å². The second kappa shape index (κ2) is 4.36. The van der Waals surface area contributed by atoms with Crippen LogP contribution in [0.5, 0.6) is 0 Å². The Balaban J connectivity index is 2.18. The fourth-order valence-electron chi connectivity index (χ4n) is 3.07. The van der Waals surface area contributed by atoms with Crippen molar-refractivity contribution >= 4 is 16.8 Å². The molecule has 20 heavy (non-hydrogen) atoms. The van der Waals surface area contributed by atoms with Gasteiger partial charge in [0.15, 0.2) is 0 Å². The molecule has 0 bridgehead atoms. The first-order chi connectivity index (χ1) is 9.37. The summed E-state index contributed by atoms with van der Waals surface area (Å²) in [4.78, 5) is 12.1. The van der Waals surface area contributed by atoms with E-state index in [4.69, 9.17) is 0 Å². The predicted molar refractivity (Wildman–Crippen MR) is 69.9 cm³/mol. The van der Waals surface area contributed by atoms with Crippen molar-refractivity contribution in [3.63, 3.8) is 0 Å². The van der Waals surface area contributed by atoms with Crippen LogP contribution in [0.4, 0.5) is 13.2 Å². The van der Waals surface area contributed by atoms with Crippen LogP contribution in [0, 0.1) is 6.92 Å². The van der Waals surface area contributed by atoms with Crippen LogP contribution in [0.25, 0.3) is 10.9 Å². The monoisotopic (exact) mass is 281 g/mol. The van der Waals surface area contributed by atoms with Crippen LogP contribution in [0.15, 0.2) is 24.3 Å². The number of nitrogens with zero attached hydrogens (tertiary/aromatic N) is 1. The van der Waals surface area contributed by atoms with Gasteiger partial charge >= 0.3 is 6.18 Å². The molecule has 0 amide bonds. The summed E-state index contributed by atoms with van der Waals surface area (Å²) in [6.07, 6.45) is -4.63. The van der Waals surface area contributed by atoms with Gasteiger partial charge < -0.3 is 0 Å². The zero-order valence-corrected chi connectivity index (χ0v) is 11.0. The van der Waals surface area contributed by atoms with Crippen molar-refractivity contribution in [2.45, 2.75) is 38.3 Å². The summed E-state index contributed by atoms with van der Waals surface area (Å²) < 4.78 is 39.5. The highest BCUT2D eigenvalue weighted by Gasteiger charge is 2.37. The van der Waals surface area contributed by atoms with Gasteiger partial charge in [0.05, 0.1) is 11.9 Å². The first kappa shape index (κ1) is 13.2. The zero-order valence-electron chi connectivity index (χ0n) is 11.0. The minimum atomic E-state index is -4.21. The van der Waals surface area contributed by atoms with Crippen molar-refractivity contribution in [1.82, 2.24) is 4.57 Å². The van der Waals surface area contributed by atoms with Crippen molar-refractivity contribution in [3.8, 4) is 0 Å². The second-order valence-corrected chi connectivity index (χ2v) is 5.37. The molecule has 0 radical (unpaired) electrons. The minimum Gasteiger partial charge on any atom is -0.284 e. The molecule has 1 aromatic carbocycles. The highest BCUT2D eigenvalue weighted by molar-refractivity contribution is 5.96. The molecule has 1 aliphatic heterocycles. The first-order valence-corrected chi connectivity index (χ1v) is 6.58. The SMILES string of the molecule is Cc1cccc2cc3n(c12)C(=O)CCC3CC(F)(F)F. The zero-order chi connectivity index (χ0) is 14.5. The van der Waals surface area contributed by atoms with E-state index in [0.717, 1.165) is 16.5 Å². The highest BCUT2D eigenvalue weighted by Crippen LogP contribution is 2.40. The van der Waals surface area contributed by atoms with Crippen LogP contribution in [0.1, 0.15) is 41.2 Å². The lowest BCUT2D eigenvalue weighted by atomic mass is 9.92. The molecule has 1 unspecified atom stereocenters. The van der Waals surface area contributed by atoms with Crippen molar-refractivity contribution < 1.29 is 18.0 Å². The molecular weight excluding hydrogens is 267 g/mol. The van der Waals surface area contributed by atoms with Gasteiger partial charge in [-0.2, -0.15) is 13.2 Å². The molecule has 0 spiro atoms. The van der Waals surface area contributed by atoms with Gasteiger partial charge in [0, 0.05) is 23.4 Å². The Labute approximate surface area is 114 Å². The smallest absolute Gasteiger partial charge is 0.284 e. The van der Waals surface area contributed by atoms with Crippen molar-refractivity contribution in [2.24, 2.45) is 0 Å². The van der Waals surface area contributed by atoms with E-state index in [2.05, 4.69) is 0 Å². The number of hydrogen-bond acceptors (Lipinski definition) is 1. The number of fused-ring (bicyclic) bond motifs is 3. The van der Waals surface area contributed by atoms with E-state index in [1.54, 1.807) is 6.07 Å². The molecule has 0 fully saturated rings. The molecule has 0 aliphatic carbocycles. The van der Waals surface area contributed by atoms with E-state index in [1.807, 2.05) is 25.1 Å². The fraction of sp³-hybridized carbons (Fsp3) is 0.400. The van der Waals surface area contributed by atoms with E-state index in [1.165, 1.54) is 4.57 Å². The summed E-state index contributed by atoms with van der Waals surface area (Å²) in [6.45, 7) is 1.87.